The average Bonchev–Trinajstić information content (AvgIpc) is 3.14. The van der Waals surface area contributed by atoms with E-state index >= 15 is 0 Å². The maximum Gasteiger partial charge on any atom is 0.241 e. The lowest BCUT2D eigenvalue weighted by Crippen LogP contribution is -2.45. The Labute approximate surface area is 172 Å². The molecule has 1 amide bonds. The first kappa shape index (κ1) is 19.3. The van der Waals surface area contributed by atoms with Crippen LogP contribution in [0.25, 0.3) is 10.2 Å². The van der Waals surface area contributed by atoms with Gasteiger partial charge in [0, 0.05) is 5.92 Å². The average molecular weight is 418 g/mol. The highest BCUT2D eigenvalue weighted by Gasteiger charge is 2.29. The van der Waals surface area contributed by atoms with Crippen LogP contribution in [0.1, 0.15) is 30.7 Å². The number of para-hydroxylation sites is 1. The number of piperidine rings is 1. The Hall–Kier alpha value is -2.02. The lowest BCUT2D eigenvalue weighted by atomic mass is 9.96. The van der Waals surface area contributed by atoms with Crippen LogP contribution < -0.4 is 5.32 Å². The number of thiazole rings is 1. The number of nitrogens with zero attached hydrogens (tertiary/aromatic N) is 2. The van der Waals surface area contributed by atoms with Gasteiger partial charge in [0.1, 0.15) is 5.82 Å². The Morgan fingerprint density at radius 3 is 2.75 bits per heavy atom. The molecule has 3 aromatic rings. The molecule has 0 aliphatic carbocycles. The Morgan fingerprint density at radius 1 is 1.29 bits per heavy atom. The number of halogens is 2. The van der Waals surface area contributed by atoms with Crippen molar-refractivity contribution in [2.24, 2.45) is 0 Å². The van der Waals surface area contributed by atoms with Crippen molar-refractivity contribution in [1.29, 1.82) is 0 Å². The highest BCUT2D eigenvalue weighted by atomic mass is 35.5. The van der Waals surface area contributed by atoms with Gasteiger partial charge >= 0.3 is 0 Å². The summed E-state index contributed by atoms with van der Waals surface area (Å²) in [5.74, 6) is -0.115. The Kier molecular flexibility index (Phi) is 5.62. The molecule has 1 aliphatic rings. The van der Waals surface area contributed by atoms with Crippen LogP contribution in [-0.4, -0.2) is 34.9 Å². The van der Waals surface area contributed by atoms with Crippen molar-refractivity contribution in [1.82, 2.24) is 9.88 Å². The molecule has 4 rings (SSSR count). The summed E-state index contributed by atoms with van der Waals surface area (Å²) in [6.45, 7) is 3.57. The van der Waals surface area contributed by atoms with Crippen molar-refractivity contribution in [3.05, 3.63) is 58.3 Å². The van der Waals surface area contributed by atoms with Gasteiger partial charge in [-0.2, -0.15) is 0 Å². The van der Waals surface area contributed by atoms with Gasteiger partial charge in [-0.1, -0.05) is 23.7 Å². The Morgan fingerprint density at radius 2 is 2.04 bits per heavy atom. The molecule has 1 N–H and O–H groups in total. The number of likely N-dealkylation sites (tertiary alicyclic amines) is 1. The molecule has 28 heavy (non-hydrogen) atoms. The standard InChI is InChI=1S/C21H21ClFN3OS/c1-13(20(27)24-17-7-6-15(23)12-16(17)22)26-10-8-14(9-11-26)21-25-18-4-2-3-5-19(18)28-21/h2-7,12-14H,8-11H2,1H3,(H,24,27). The molecular formula is C21H21ClFN3OS. The smallest absolute Gasteiger partial charge is 0.241 e. The van der Waals surface area contributed by atoms with E-state index in [1.54, 1.807) is 11.3 Å². The van der Waals surface area contributed by atoms with Gasteiger partial charge in [-0.05, 0) is 63.2 Å². The number of nitrogens with one attached hydrogen (secondary N) is 1. The predicted molar refractivity (Wildman–Crippen MR) is 113 cm³/mol. The summed E-state index contributed by atoms with van der Waals surface area (Å²) in [4.78, 5) is 19.6. The molecule has 1 atom stereocenters. The van der Waals surface area contributed by atoms with E-state index in [9.17, 15) is 9.18 Å². The number of hydrogen-bond donors (Lipinski definition) is 1. The van der Waals surface area contributed by atoms with Crippen LogP contribution in [0.4, 0.5) is 10.1 Å². The molecule has 0 bridgehead atoms. The number of aromatic nitrogens is 1. The Bertz CT molecular complexity index is 967. The van der Waals surface area contributed by atoms with Crippen LogP contribution in [-0.2, 0) is 4.79 Å². The zero-order chi connectivity index (χ0) is 19.7. The van der Waals surface area contributed by atoms with E-state index in [4.69, 9.17) is 16.6 Å². The van der Waals surface area contributed by atoms with Crippen LogP contribution in [0.15, 0.2) is 42.5 Å². The molecule has 0 spiro atoms. The van der Waals surface area contributed by atoms with Crippen LogP contribution in [0.5, 0.6) is 0 Å². The molecular weight excluding hydrogens is 397 g/mol. The van der Waals surface area contributed by atoms with E-state index in [0.29, 0.717) is 11.6 Å². The van der Waals surface area contributed by atoms with Crippen molar-refractivity contribution < 1.29 is 9.18 Å². The van der Waals surface area contributed by atoms with Crippen molar-refractivity contribution in [3.63, 3.8) is 0 Å². The minimum atomic E-state index is -0.423. The molecule has 4 nitrogen and oxygen atoms in total. The summed E-state index contributed by atoms with van der Waals surface area (Å²) >= 11 is 7.78. The lowest BCUT2D eigenvalue weighted by Gasteiger charge is -2.34. The topological polar surface area (TPSA) is 45.2 Å². The number of anilines is 1. The van der Waals surface area contributed by atoms with Crippen LogP contribution in [0.2, 0.25) is 5.02 Å². The molecule has 1 aromatic heterocycles. The maximum atomic E-state index is 13.2. The van der Waals surface area contributed by atoms with Gasteiger partial charge in [-0.15, -0.1) is 11.3 Å². The van der Waals surface area contributed by atoms with Crippen molar-refractivity contribution in [2.75, 3.05) is 18.4 Å². The number of fused-ring (bicyclic) bond motifs is 1. The molecule has 7 heteroatoms. The zero-order valence-electron chi connectivity index (χ0n) is 15.5. The molecule has 0 radical (unpaired) electrons. The second-order valence-electron chi connectivity index (χ2n) is 7.12. The molecule has 2 heterocycles. The summed E-state index contributed by atoms with van der Waals surface area (Å²) < 4.78 is 14.4. The fourth-order valence-electron chi connectivity index (χ4n) is 3.59. The van der Waals surface area contributed by atoms with Gasteiger partial charge in [-0.25, -0.2) is 9.37 Å². The lowest BCUT2D eigenvalue weighted by molar-refractivity contribution is -0.121. The van der Waals surface area contributed by atoms with E-state index in [0.717, 1.165) is 31.4 Å². The first-order valence-electron chi connectivity index (χ1n) is 9.36. The number of amides is 1. The molecule has 1 unspecified atom stereocenters. The summed E-state index contributed by atoms with van der Waals surface area (Å²) in [5.41, 5.74) is 1.50. The first-order chi connectivity index (χ1) is 13.5. The van der Waals surface area contributed by atoms with E-state index in [1.807, 2.05) is 19.1 Å². The van der Waals surface area contributed by atoms with Gasteiger partial charge in [0.2, 0.25) is 5.91 Å². The number of carbonyl (C=O) groups excluding carboxylic acids is 1. The largest absolute Gasteiger partial charge is 0.323 e. The van der Waals surface area contributed by atoms with Gasteiger partial charge in [0.25, 0.3) is 0 Å². The normalized spacial score (nSPS) is 17.0. The predicted octanol–water partition coefficient (Wildman–Crippen LogP) is 5.30. The van der Waals surface area contributed by atoms with Crippen molar-refractivity contribution >= 4 is 44.7 Å². The number of carbonyl (C=O) groups is 1. The van der Waals surface area contributed by atoms with Crippen molar-refractivity contribution in [2.45, 2.75) is 31.7 Å². The quantitative estimate of drug-likeness (QED) is 0.626. The van der Waals surface area contributed by atoms with Gasteiger partial charge in [0.15, 0.2) is 0 Å². The SMILES string of the molecule is CC(C(=O)Nc1ccc(F)cc1Cl)N1CCC(c2nc3ccccc3s2)CC1. The molecule has 1 fully saturated rings. The summed E-state index contributed by atoms with van der Waals surface area (Å²) in [5, 5.41) is 4.20. The Balaban J connectivity index is 1.36. The minimum absolute atomic E-state index is 0.132. The second-order valence-corrected chi connectivity index (χ2v) is 8.59. The van der Waals surface area contributed by atoms with Crippen LogP contribution >= 0.6 is 22.9 Å². The monoisotopic (exact) mass is 417 g/mol. The summed E-state index contributed by atoms with van der Waals surface area (Å²) in [7, 11) is 0. The third-order valence-electron chi connectivity index (χ3n) is 5.31. The maximum absolute atomic E-state index is 13.2. The number of hydrogen-bond acceptors (Lipinski definition) is 4. The van der Waals surface area contributed by atoms with E-state index < -0.39 is 5.82 Å². The fourth-order valence-corrected chi connectivity index (χ4v) is 4.94. The number of rotatable bonds is 4. The summed E-state index contributed by atoms with van der Waals surface area (Å²) in [6.07, 6.45) is 1.96. The van der Waals surface area contributed by atoms with E-state index in [2.05, 4.69) is 22.3 Å². The molecule has 2 aromatic carbocycles. The van der Waals surface area contributed by atoms with Gasteiger partial charge in [-0.3, -0.25) is 9.69 Å². The molecule has 0 saturated carbocycles. The molecule has 1 saturated heterocycles. The zero-order valence-corrected chi connectivity index (χ0v) is 17.1. The molecule has 146 valence electrons. The van der Waals surface area contributed by atoms with Gasteiger partial charge in [0.05, 0.1) is 32.0 Å². The summed E-state index contributed by atoms with van der Waals surface area (Å²) in [6, 6.07) is 11.9. The first-order valence-corrected chi connectivity index (χ1v) is 10.6. The molecule has 1 aliphatic heterocycles. The fraction of sp³-hybridized carbons (Fsp3) is 0.333. The van der Waals surface area contributed by atoms with E-state index in [1.165, 1.54) is 27.9 Å². The number of benzene rings is 2. The van der Waals surface area contributed by atoms with E-state index in [-0.39, 0.29) is 17.0 Å². The second kappa shape index (κ2) is 8.15. The highest BCUT2D eigenvalue weighted by Crippen LogP contribution is 2.34. The van der Waals surface area contributed by atoms with Crippen LogP contribution in [0.3, 0.4) is 0 Å². The van der Waals surface area contributed by atoms with Crippen molar-refractivity contribution in [3.8, 4) is 0 Å². The third kappa shape index (κ3) is 4.04. The van der Waals surface area contributed by atoms with Gasteiger partial charge < -0.3 is 5.32 Å². The minimum Gasteiger partial charge on any atom is -0.323 e. The van der Waals surface area contributed by atoms with Crippen LogP contribution in [0, 0.1) is 5.82 Å². The third-order valence-corrected chi connectivity index (χ3v) is 6.82. The highest BCUT2D eigenvalue weighted by molar-refractivity contribution is 7.18.